The summed E-state index contributed by atoms with van der Waals surface area (Å²) in [6, 6.07) is 7.96. The summed E-state index contributed by atoms with van der Waals surface area (Å²) >= 11 is 0. The number of oxime groups is 1. The highest BCUT2D eigenvalue weighted by molar-refractivity contribution is 5.94. The minimum atomic E-state index is -4.71. The Morgan fingerprint density at radius 3 is 2.43 bits per heavy atom. The lowest BCUT2D eigenvalue weighted by Gasteiger charge is -2.09. The Kier molecular flexibility index (Phi) is 4.83. The third kappa shape index (κ3) is 4.18. The molecule has 0 aliphatic rings. The second kappa shape index (κ2) is 6.64. The molecule has 2 rings (SSSR count). The second-order valence-corrected chi connectivity index (χ2v) is 4.78. The zero-order valence-electron chi connectivity index (χ0n) is 12.3. The summed E-state index contributed by atoms with van der Waals surface area (Å²) in [4.78, 5) is 16.3. The molecule has 1 aromatic carbocycles. The maximum absolute atomic E-state index is 13.0. The molecule has 0 aliphatic heterocycles. The first-order valence-corrected chi connectivity index (χ1v) is 6.61. The molecule has 2 aromatic rings. The van der Waals surface area contributed by atoms with Gasteiger partial charge in [-0.05, 0) is 19.4 Å². The number of carbonyl (C=O) groups is 1. The van der Waals surface area contributed by atoms with Crippen molar-refractivity contribution in [3.05, 3.63) is 52.9 Å². The number of nitrogens with zero attached hydrogens (tertiary/aromatic N) is 2. The molecule has 0 saturated carbocycles. The van der Waals surface area contributed by atoms with E-state index in [2.05, 4.69) is 15.1 Å². The van der Waals surface area contributed by atoms with Crippen molar-refractivity contribution in [3.8, 4) is 0 Å². The second-order valence-electron chi connectivity index (χ2n) is 4.78. The number of aryl methyl sites for hydroxylation is 2. The zero-order valence-corrected chi connectivity index (χ0v) is 12.3. The first-order chi connectivity index (χ1) is 10.8. The molecular formula is C15H13F3N2O3. The molecule has 1 heterocycles. The van der Waals surface area contributed by atoms with Gasteiger partial charge in [0.15, 0.2) is 5.71 Å². The van der Waals surface area contributed by atoms with Crippen molar-refractivity contribution in [2.75, 3.05) is 0 Å². The largest absolute Gasteiger partial charge is 0.433 e. The van der Waals surface area contributed by atoms with Crippen molar-refractivity contribution in [3.63, 3.8) is 0 Å². The van der Waals surface area contributed by atoms with Crippen LogP contribution in [0.25, 0.3) is 0 Å². The van der Waals surface area contributed by atoms with Crippen molar-refractivity contribution in [2.45, 2.75) is 26.4 Å². The molecule has 1 aromatic heterocycles. The van der Waals surface area contributed by atoms with Crippen LogP contribution < -0.4 is 0 Å². The molecule has 8 heteroatoms. The van der Waals surface area contributed by atoms with Crippen molar-refractivity contribution in [2.24, 2.45) is 5.16 Å². The van der Waals surface area contributed by atoms with Gasteiger partial charge < -0.3 is 9.36 Å². The molecule has 0 unspecified atom stereocenters. The summed E-state index contributed by atoms with van der Waals surface area (Å²) in [6.45, 7) is 2.93. The van der Waals surface area contributed by atoms with E-state index in [9.17, 15) is 18.0 Å². The van der Waals surface area contributed by atoms with Crippen LogP contribution in [-0.4, -0.2) is 23.0 Å². The molecule has 0 bridgehead atoms. The molecule has 5 nitrogen and oxygen atoms in total. The molecule has 122 valence electrons. The summed E-state index contributed by atoms with van der Waals surface area (Å²) in [7, 11) is 0. The predicted octanol–water partition coefficient (Wildman–Crippen LogP) is 3.61. The van der Waals surface area contributed by atoms with Crippen LogP contribution in [0.5, 0.6) is 0 Å². The third-order valence-corrected chi connectivity index (χ3v) is 3.02. The van der Waals surface area contributed by atoms with Gasteiger partial charge in [-0.2, -0.15) is 13.2 Å². The number of halogens is 3. The lowest BCUT2D eigenvalue weighted by atomic mass is 10.1. The lowest BCUT2D eigenvalue weighted by Crippen LogP contribution is -2.26. The highest BCUT2D eigenvalue weighted by atomic mass is 19.4. The summed E-state index contributed by atoms with van der Waals surface area (Å²) in [6.07, 6.45) is -5.21. The Morgan fingerprint density at radius 1 is 1.26 bits per heavy atom. The third-order valence-electron chi connectivity index (χ3n) is 3.02. The zero-order chi connectivity index (χ0) is 17.0. The quantitative estimate of drug-likeness (QED) is 0.489. The van der Waals surface area contributed by atoms with E-state index in [4.69, 9.17) is 4.52 Å². The van der Waals surface area contributed by atoms with Gasteiger partial charge in [0.1, 0.15) is 11.3 Å². The van der Waals surface area contributed by atoms with Crippen LogP contribution in [0.2, 0.25) is 0 Å². The molecular weight excluding hydrogens is 313 g/mol. The van der Waals surface area contributed by atoms with E-state index in [-0.39, 0.29) is 17.0 Å². The summed E-state index contributed by atoms with van der Waals surface area (Å²) < 4.78 is 43.8. The van der Waals surface area contributed by atoms with Gasteiger partial charge in [0, 0.05) is 6.42 Å². The van der Waals surface area contributed by atoms with E-state index in [0.29, 0.717) is 5.56 Å². The Bertz CT molecular complexity index is 702. The van der Waals surface area contributed by atoms with E-state index in [1.165, 1.54) is 26.0 Å². The predicted molar refractivity (Wildman–Crippen MR) is 75.0 cm³/mol. The number of alkyl halides is 3. The summed E-state index contributed by atoms with van der Waals surface area (Å²) in [5.41, 5.74) is -0.616. The number of hydrogen-bond donors (Lipinski definition) is 0. The molecule has 0 aliphatic carbocycles. The normalized spacial score (nSPS) is 12.3. The van der Waals surface area contributed by atoms with Crippen LogP contribution in [0, 0.1) is 13.8 Å². The summed E-state index contributed by atoms with van der Waals surface area (Å²) in [5.74, 6) is -0.893. The van der Waals surface area contributed by atoms with Gasteiger partial charge in [0.2, 0.25) is 0 Å². The van der Waals surface area contributed by atoms with Crippen LogP contribution in [0.4, 0.5) is 13.2 Å². The van der Waals surface area contributed by atoms with E-state index >= 15 is 0 Å². The molecule has 0 radical (unpaired) electrons. The molecule has 0 atom stereocenters. The number of hydrogen-bond acceptors (Lipinski definition) is 5. The number of carbonyl (C=O) groups excluding carboxylic acids is 1. The Morgan fingerprint density at radius 2 is 1.91 bits per heavy atom. The van der Waals surface area contributed by atoms with Gasteiger partial charge in [-0.1, -0.05) is 40.6 Å². The fourth-order valence-corrected chi connectivity index (χ4v) is 1.89. The van der Waals surface area contributed by atoms with Gasteiger partial charge >= 0.3 is 12.1 Å². The molecule has 0 N–H and O–H groups in total. The van der Waals surface area contributed by atoms with E-state index < -0.39 is 24.3 Å². The van der Waals surface area contributed by atoms with E-state index in [1.807, 2.05) is 0 Å². The Balaban J connectivity index is 2.20. The van der Waals surface area contributed by atoms with Crippen LogP contribution in [0.1, 0.15) is 27.4 Å². The smallest absolute Gasteiger partial charge is 0.361 e. The van der Waals surface area contributed by atoms with Crippen LogP contribution in [-0.2, 0) is 11.3 Å². The number of aromatic nitrogens is 1. The van der Waals surface area contributed by atoms with E-state index in [1.54, 1.807) is 18.2 Å². The van der Waals surface area contributed by atoms with Crippen LogP contribution in [0.15, 0.2) is 40.0 Å². The molecule has 0 amide bonds. The molecule has 0 fully saturated rings. The minimum absolute atomic E-state index is 0.0324. The first-order valence-electron chi connectivity index (χ1n) is 6.61. The van der Waals surface area contributed by atoms with Crippen molar-refractivity contribution in [1.82, 2.24) is 5.16 Å². The molecule has 23 heavy (non-hydrogen) atoms. The highest BCUT2D eigenvalue weighted by Gasteiger charge is 2.37. The van der Waals surface area contributed by atoms with Gasteiger partial charge in [-0.3, -0.25) is 0 Å². The first kappa shape index (κ1) is 16.7. The van der Waals surface area contributed by atoms with Crippen LogP contribution >= 0.6 is 0 Å². The number of benzene rings is 1. The Labute approximate surface area is 129 Å². The standard InChI is InChI=1S/C15H13F3N2O3/c1-9-13(10(2)22-19-9)14(21)23-20-12(15(16,17)18)8-11-6-4-3-5-7-11/h3-7H,8H2,1-2H3. The monoisotopic (exact) mass is 326 g/mol. The average Bonchev–Trinajstić information content (AvgIpc) is 2.82. The fourth-order valence-electron chi connectivity index (χ4n) is 1.89. The van der Waals surface area contributed by atoms with Crippen LogP contribution in [0.3, 0.4) is 0 Å². The summed E-state index contributed by atoms with van der Waals surface area (Å²) in [5, 5.41) is 6.54. The highest BCUT2D eigenvalue weighted by Crippen LogP contribution is 2.21. The fraction of sp³-hybridized carbons (Fsp3) is 0.267. The Hall–Kier alpha value is -2.64. The van der Waals surface area contributed by atoms with Gasteiger partial charge in [-0.25, -0.2) is 4.79 Å². The minimum Gasteiger partial charge on any atom is -0.361 e. The average molecular weight is 326 g/mol. The van der Waals surface area contributed by atoms with Gasteiger partial charge in [0.25, 0.3) is 0 Å². The molecule has 0 spiro atoms. The SMILES string of the molecule is Cc1noc(C)c1C(=O)ON=C(Cc1ccccc1)C(F)(F)F. The van der Waals surface area contributed by atoms with Crippen molar-refractivity contribution >= 4 is 11.7 Å². The van der Waals surface area contributed by atoms with Gasteiger partial charge in [0.05, 0.1) is 5.69 Å². The maximum Gasteiger partial charge on any atom is 0.433 e. The molecule has 0 saturated heterocycles. The van der Waals surface area contributed by atoms with Crippen molar-refractivity contribution in [1.29, 1.82) is 0 Å². The lowest BCUT2D eigenvalue weighted by molar-refractivity contribution is -0.0626. The topological polar surface area (TPSA) is 64.7 Å². The van der Waals surface area contributed by atoms with Crippen molar-refractivity contribution < 1.29 is 27.3 Å². The number of rotatable bonds is 4. The van der Waals surface area contributed by atoms with Gasteiger partial charge in [-0.15, -0.1) is 0 Å². The van der Waals surface area contributed by atoms with E-state index in [0.717, 1.165) is 0 Å². The maximum atomic E-state index is 13.0.